The lowest BCUT2D eigenvalue weighted by atomic mass is 10.2. The molecular weight excluding hydrogens is 240 g/mol. The van der Waals surface area contributed by atoms with Crippen LogP contribution in [0.4, 0.5) is 0 Å². The molecule has 4 nitrogen and oxygen atoms in total. The Bertz CT molecular complexity index is 413. The van der Waals surface area contributed by atoms with Gasteiger partial charge in [0.2, 0.25) is 5.91 Å². The number of likely N-dealkylation sites (N-methyl/N-ethyl adjacent to an activating group) is 1. The lowest BCUT2D eigenvalue weighted by Gasteiger charge is -2.17. The van der Waals surface area contributed by atoms with Crippen molar-refractivity contribution in [3.8, 4) is 5.75 Å². The van der Waals surface area contributed by atoms with Gasteiger partial charge in [0.05, 0.1) is 13.1 Å². The third-order valence-corrected chi connectivity index (χ3v) is 3.26. The van der Waals surface area contributed by atoms with Crippen molar-refractivity contribution in [3.63, 3.8) is 0 Å². The Balaban J connectivity index is 1.63. The Morgan fingerprint density at radius 2 is 2.05 bits per heavy atom. The van der Waals surface area contributed by atoms with Gasteiger partial charge in [-0.3, -0.25) is 4.79 Å². The number of benzene rings is 1. The molecule has 1 saturated carbocycles. The molecule has 1 aliphatic rings. The molecule has 4 heteroatoms. The van der Waals surface area contributed by atoms with Gasteiger partial charge in [-0.25, -0.2) is 0 Å². The summed E-state index contributed by atoms with van der Waals surface area (Å²) in [5, 5.41) is 3.22. The quantitative estimate of drug-likeness (QED) is 0.811. The number of ether oxygens (including phenoxy) is 1. The monoisotopic (exact) mass is 262 g/mol. The van der Waals surface area contributed by atoms with Gasteiger partial charge in [-0.1, -0.05) is 17.7 Å². The first kappa shape index (κ1) is 13.9. The van der Waals surface area contributed by atoms with Gasteiger partial charge < -0.3 is 15.0 Å². The number of rotatable bonds is 7. The average Bonchev–Trinajstić information content (AvgIpc) is 3.22. The predicted octanol–water partition coefficient (Wildman–Crippen LogP) is 1.58. The summed E-state index contributed by atoms with van der Waals surface area (Å²) in [5.41, 5.74) is 1.21. The van der Waals surface area contributed by atoms with Crippen LogP contribution < -0.4 is 10.1 Å². The van der Waals surface area contributed by atoms with Crippen molar-refractivity contribution in [2.24, 2.45) is 0 Å². The molecule has 1 fully saturated rings. The number of nitrogens with one attached hydrogen (secondary N) is 1. The first-order chi connectivity index (χ1) is 9.15. The number of carbonyl (C=O) groups excluding carboxylic acids is 1. The lowest BCUT2D eigenvalue weighted by molar-refractivity contribution is -0.129. The summed E-state index contributed by atoms with van der Waals surface area (Å²) >= 11 is 0. The molecule has 0 aromatic heterocycles. The summed E-state index contributed by atoms with van der Waals surface area (Å²) in [7, 11) is 1.81. The Morgan fingerprint density at radius 3 is 2.68 bits per heavy atom. The standard InChI is InChI=1S/C15H22N2O2/c1-12-3-7-14(8-4-12)19-10-9-17(2)15(18)11-16-13-5-6-13/h3-4,7-8,13,16H,5-6,9-11H2,1-2H3. The topological polar surface area (TPSA) is 41.6 Å². The molecule has 0 heterocycles. The maximum absolute atomic E-state index is 11.8. The molecule has 0 aliphatic heterocycles. The highest BCUT2D eigenvalue weighted by Crippen LogP contribution is 2.18. The SMILES string of the molecule is Cc1ccc(OCCN(C)C(=O)CNC2CC2)cc1. The van der Waals surface area contributed by atoms with E-state index in [1.807, 2.05) is 38.2 Å². The van der Waals surface area contributed by atoms with E-state index in [1.54, 1.807) is 4.90 Å². The van der Waals surface area contributed by atoms with Crippen molar-refractivity contribution in [2.75, 3.05) is 26.7 Å². The largest absolute Gasteiger partial charge is 0.492 e. The highest BCUT2D eigenvalue weighted by atomic mass is 16.5. The molecule has 1 aliphatic carbocycles. The maximum atomic E-state index is 11.8. The molecule has 1 aromatic carbocycles. The van der Waals surface area contributed by atoms with Crippen LogP contribution in [-0.2, 0) is 4.79 Å². The van der Waals surface area contributed by atoms with Gasteiger partial charge in [-0.2, -0.15) is 0 Å². The lowest BCUT2D eigenvalue weighted by Crippen LogP contribution is -2.38. The highest BCUT2D eigenvalue weighted by molar-refractivity contribution is 5.78. The van der Waals surface area contributed by atoms with Gasteiger partial charge in [0, 0.05) is 13.1 Å². The van der Waals surface area contributed by atoms with Gasteiger partial charge in [-0.05, 0) is 31.9 Å². The summed E-state index contributed by atoms with van der Waals surface area (Å²) in [4.78, 5) is 13.5. The zero-order valence-electron chi connectivity index (χ0n) is 11.7. The fourth-order valence-electron chi connectivity index (χ4n) is 1.71. The van der Waals surface area contributed by atoms with E-state index in [0.29, 0.717) is 25.7 Å². The Labute approximate surface area is 114 Å². The minimum absolute atomic E-state index is 0.124. The molecule has 1 aromatic rings. The number of hydrogen-bond donors (Lipinski definition) is 1. The van der Waals surface area contributed by atoms with E-state index >= 15 is 0 Å². The first-order valence-electron chi connectivity index (χ1n) is 6.82. The molecule has 0 spiro atoms. The van der Waals surface area contributed by atoms with Gasteiger partial charge in [0.25, 0.3) is 0 Å². The molecule has 0 bridgehead atoms. The minimum atomic E-state index is 0.124. The minimum Gasteiger partial charge on any atom is -0.492 e. The summed E-state index contributed by atoms with van der Waals surface area (Å²) in [6.45, 7) is 3.61. The van der Waals surface area contributed by atoms with Gasteiger partial charge in [0.1, 0.15) is 12.4 Å². The zero-order chi connectivity index (χ0) is 13.7. The van der Waals surface area contributed by atoms with Gasteiger partial charge in [-0.15, -0.1) is 0 Å². The molecule has 0 saturated heterocycles. The van der Waals surface area contributed by atoms with Crippen molar-refractivity contribution in [2.45, 2.75) is 25.8 Å². The van der Waals surface area contributed by atoms with E-state index in [2.05, 4.69) is 5.32 Å². The summed E-state index contributed by atoms with van der Waals surface area (Å²) in [6.07, 6.45) is 2.40. The molecule has 104 valence electrons. The fraction of sp³-hybridized carbons (Fsp3) is 0.533. The van der Waals surface area contributed by atoms with Crippen LogP contribution in [0.5, 0.6) is 5.75 Å². The third-order valence-electron chi connectivity index (χ3n) is 3.26. The second-order valence-corrected chi connectivity index (χ2v) is 5.13. The van der Waals surface area contributed by atoms with Crippen molar-refractivity contribution in [1.82, 2.24) is 10.2 Å². The van der Waals surface area contributed by atoms with Crippen LogP contribution in [-0.4, -0.2) is 43.6 Å². The number of nitrogens with zero attached hydrogens (tertiary/aromatic N) is 1. The molecule has 1 N–H and O–H groups in total. The van der Waals surface area contributed by atoms with Crippen LogP contribution in [0.15, 0.2) is 24.3 Å². The van der Waals surface area contributed by atoms with Crippen molar-refractivity contribution < 1.29 is 9.53 Å². The van der Waals surface area contributed by atoms with Gasteiger partial charge >= 0.3 is 0 Å². The second-order valence-electron chi connectivity index (χ2n) is 5.13. The van der Waals surface area contributed by atoms with E-state index in [9.17, 15) is 4.79 Å². The summed E-state index contributed by atoms with van der Waals surface area (Å²) in [5.74, 6) is 0.974. The van der Waals surface area contributed by atoms with E-state index < -0.39 is 0 Å². The van der Waals surface area contributed by atoms with Crippen LogP contribution in [0.3, 0.4) is 0 Å². The van der Waals surface area contributed by atoms with Crippen molar-refractivity contribution >= 4 is 5.91 Å². The Hall–Kier alpha value is -1.55. The Kier molecular flexibility index (Phi) is 4.80. The van der Waals surface area contributed by atoms with Crippen LogP contribution >= 0.6 is 0 Å². The number of carbonyl (C=O) groups is 1. The normalized spacial score (nSPS) is 14.2. The number of aryl methyl sites for hydroxylation is 1. The van der Waals surface area contributed by atoms with Gasteiger partial charge in [0.15, 0.2) is 0 Å². The van der Waals surface area contributed by atoms with Crippen molar-refractivity contribution in [1.29, 1.82) is 0 Å². The van der Waals surface area contributed by atoms with E-state index in [-0.39, 0.29) is 5.91 Å². The first-order valence-corrected chi connectivity index (χ1v) is 6.82. The van der Waals surface area contributed by atoms with E-state index in [4.69, 9.17) is 4.74 Å². The Morgan fingerprint density at radius 1 is 1.37 bits per heavy atom. The molecule has 0 atom stereocenters. The average molecular weight is 262 g/mol. The second kappa shape index (κ2) is 6.57. The van der Waals surface area contributed by atoms with E-state index in [0.717, 1.165) is 5.75 Å². The predicted molar refractivity (Wildman–Crippen MR) is 75.3 cm³/mol. The molecule has 19 heavy (non-hydrogen) atoms. The molecular formula is C15H22N2O2. The molecule has 0 unspecified atom stereocenters. The van der Waals surface area contributed by atoms with E-state index in [1.165, 1.54) is 18.4 Å². The van der Waals surface area contributed by atoms with Crippen LogP contribution in [0, 0.1) is 6.92 Å². The number of hydrogen-bond acceptors (Lipinski definition) is 3. The van der Waals surface area contributed by atoms with Crippen LogP contribution in [0.25, 0.3) is 0 Å². The molecule has 1 amide bonds. The molecule has 2 rings (SSSR count). The van der Waals surface area contributed by atoms with Crippen LogP contribution in [0.2, 0.25) is 0 Å². The van der Waals surface area contributed by atoms with Crippen molar-refractivity contribution in [3.05, 3.63) is 29.8 Å². The molecule has 0 radical (unpaired) electrons. The zero-order valence-corrected chi connectivity index (χ0v) is 11.7. The van der Waals surface area contributed by atoms with Crippen LogP contribution in [0.1, 0.15) is 18.4 Å². The summed E-state index contributed by atoms with van der Waals surface area (Å²) < 4.78 is 5.61. The number of amides is 1. The highest BCUT2D eigenvalue weighted by Gasteiger charge is 2.21. The smallest absolute Gasteiger partial charge is 0.236 e. The summed E-state index contributed by atoms with van der Waals surface area (Å²) in [6, 6.07) is 8.51. The third kappa shape index (κ3) is 4.91. The fourth-order valence-corrected chi connectivity index (χ4v) is 1.71. The maximum Gasteiger partial charge on any atom is 0.236 e.